The zero-order valence-electron chi connectivity index (χ0n) is 20.2. The van der Waals surface area contributed by atoms with Crippen molar-refractivity contribution < 1.29 is 19.1 Å². The number of amides is 3. The molecule has 182 valence electrons. The molecule has 0 unspecified atom stereocenters. The molecule has 0 atom stereocenters. The summed E-state index contributed by atoms with van der Waals surface area (Å²) in [5, 5.41) is 0. The molecular weight excluding hydrogens is 444 g/mol. The highest BCUT2D eigenvalue weighted by atomic mass is 16.5. The Kier molecular flexibility index (Phi) is 8.58. The van der Waals surface area contributed by atoms with Gasteiger partial charge in [0, 0.05) is 25.5 Å². The van der Waals surface area contributed by atoms with Crippen LogP contribution in [0.2, 0.25) is 0 Å². The molecule has 0 saturated heterocycles. The van der Waals surface area contributed by atoms with Gasteiger partial charge in [-0.25, -0.2) is 0 Å². The minimum absolute atomic E-state index is 0.237. The van der Waals surface area contributed by atoms with Gasteiger partial charge in [-0.15, -0.1) is 0 Å². The molecule has 0 heterocycles. The Morgan fingerprint density at radius 2 is 1.40 bits per heavy atom. The number of benzene rings is 3. The summed E-state index contributed by atoms with van der Waals surface area (Å²) in [7, 11) is 3.32. The third-order valence-corrected chi connectivity index (χ3v) is 5.56. The third-order valence-electron chi connectivity index (χ3n) is 5.56. The van der Waals surface area contributed by atoms with Gasteiger partial charge < -0.3 is 20.3 Å². The van der Waals surface area contributed by atoms with Crippen molar-refractivity contribution >= 4 is 34.8 Å². The molecule has 0 aliphatic rings. The average Bonchev–Trinajstić information content (AvgIpc) is 2.89. The third kappa shape index (κ3) is 6.45. The van der Waals surface area contributed by atoms with E-state index in [0.29, 0.717) is 17.1 Å². The van der Waals surface area contributed by atoms with E-state index in [9.17, 15) is 14.4 Å². The van der Waals surface area contributed by atoms with Crippen molar-refractivity contribution in [2.75, 3.05) is 48.5 Å². The smallest absolute Gasteiger partial charge is 0.264 e. The second kappa shape index (κ2) is 11.8. The molecular formula is C27H30N4O4. The molecule has 0 saturated carbocycles. The standard InChI is InChI=1S/C27H30N4O4/c1-20-10-9-13-22(16-20)30(3)27(34)19-35-24-15-8-7-14-23(24)31(25(32)17-28)18-26(33)29(2)21-11-5-4-6-12-21/h4-16H,17-19,28H2,1-3H3. The second-order valence-corrected chi connectivity index (χ2v) is 8.02. The Hall–Kier alpha value is -4.17. The van der Waals surface area contributed by atoms with Gasteiger partial charge in [0.05, 0.1) is 12.2 Å². The molecule has 0 bridgehead atoms. The van der Waals surface area contributed by atoms with Gasteiger partial charge in [0.2, 0.25) is 11.8 Å². The summed E-state index contributed by atoms with van der Waals surface area (Å²) < 4.78 is 5.82. The summed E-state index contributed by atoms with van der Waals surface area (Å²) >= 11 is 0. The highest BCUT2D eigenvalue weighted by molar-refractivity contribution is 6.04. The molecule has 0 radical (unpaired) electrons. The highest BCUT2D eigenvalue weighted by Crippen LogP contribution is 2.29. The number of hydrogen-bond donors (Lipinski definition) is 1. The number of aryl methyl sites for hydroxylation is 1. The number of carbonyl (C=O) groups excluding carboxylic acids is 3. The Labute approximate surface area is 205 Å². The average molecular weight is 475 g/mol. The molecule has 3 rings (SSSR count). The van der Waals surface area contributed by atoms with Crippen LogP contribution in [0.3, 0.4) is 0 Å². The number of anilines is 3. The number of nitrogens with two attached hydrogens (primary N) is 1. The molecule has 2 N–H and O–H groups in total. The van der Waals surface area contributed by atoms with Gasteiger partial charge in [-0.2, -0.15) is 0 Å². The quantitative estimate of drug-likeness (QED) is 0.514. The molecule has 3 amide bonds. The summed E-state index contributed by atoms with van der Waals surface area (Å²) in [4.78, 5) is 42.7. The fourth-order valence-electron chi connectivity index (χ4n) is 3.47. The largest absolute Gasteiger partial charge is 0.482 e. The number of hydrogen-bond acceptors (Lipinski definition) is 5. The van der Waals surface area contributed by atoms with Crippen LogP contribution in [0.15, 0.2) is 78.9 Å². The van der Waals surface area contributed by atoms with Crippen molar-refractivity contribution in [2.45, 2.75) is 6.92 Å². The Morgan fingerprint density at radius 1 is 0.771 bits per heavy atom. The molecule has 0 aromatic heterocycles. The van der Waals surface area contributed by atoms with Crippen LogP contribution in [0.1, 0.15) is 5.56 Å². The van der Waals surface area contributed by atoms with E-state index in [1.165, 1.54) is 14.7 Å². The zero-order valence-corrected chi connectivity index (χ0v) is 20.2. The number of rotatable bonds is 9. The van der Waals surface area contributed by atoms with E-state index in [1.807, 2.05) is 49.4 Å². The molecule has 8 heteroatoms. The number of carbonyl (C=O) groups is 3. The maximum Gasteiger partial charge on any atom is 0.264 e. The maximum atomic E-state index is 13.0. The Bertz CT molecular complexity index is 1180. The molecule has 0 spiro atoms. The van der Waals surface area contributed by atoms with Crippen molar-refractivity contribution in [3.05, 3.63) is 84.4 Å². The molecule has 8 nitrogen and oxygen atoms in total. The van der Waals surface area contributed by atoms with Gasteiger partial charge >= 0.3 is 0 Å². The van der Waals surface area contributed by atoms with Gasteiger partial charge in [0.15, 0.2) is 6.61 Å². The van der Waals surface area contributed by atoms with E-state index < -0.39 is 5.91 Å². The van der Waals surface area contributed by atoms with Gasteiger partial charge in [0.1, 0.15) is 12.3 Å². The van der Waals surface area contributed by atoms with Crippen LogP contribution >= 0.6 is 0 Å². The summed E-state index contributed by atoms with van der Waals surface area (Å²) in [6, 6.07) is 23.5. The molecule has 0 aliphatic carbocycles. The number of para-hydroxylation sites is 3. The second-order valence-electron chi connectivity index (χ2n) is 8.02. The molecule has 0 fully saturated rings. The van der Waals surface area contributed by atoms with Gasteiger partial charge in [-0.1, -0.05) is 42.5 Å². The van der Waals surface area contributed by atoms with Crippen molar-refractivity contribution in [2.24, 2.45) is 5.73 Å². The van der Waals surface area contributed by atoms with Crippen LogP contribution in [0.25, 0.3) is 0 Å². The van der Waals surface area contributed by atoms with Crippen molar-refractivity contribution in [3.8, 4) is 5.75 Å². The zero-order chi connectivity index (χ0) is 25.4. The predicted octanol–water partition coefficient (Wildman–Crippen LogP) is 2.99. The summed E-state index contributed by atoms with van der Waals surface area (Å²) in [6.07, 6.45) is 0. The lowest BCUT2D eigenvalue weighted by atomic mass is 10.2. The lowest BCUT2D eigenvalue weighted by molar-refractivity contribution is -0.121. The first-order chi connectivity index (χ1) is 16.8. The van der Waals surface area contributed by atoms with E-state index in [-0.39, 0.29) is 31.5 Å². The number of ether oxygens (including phenoxy) is 1. The first kappa shape index (κ1) is 25.5. The normalized spacial score (nSPS) is 10.4. The van der Waals surface area contributed by atoms with Gasteiger partial charge in [0.25, 0.3) is 5.91 Å². The van der Waals surface area contributed by atoms with Crippen LogP contribution in [-0.4, -0.2) is 51.5 Å². The van der Waals surface area contributed by atoms with Crippen LogP contribution in [0.4, 0.5) is 17.1 Å². The minimum atomic E-state index is -0.445. The predicted molar refractivity (Wildman–Crippen MR) is 138 cm³/mol. The van der Waals surface area contributed by atoms with Crippen molar-refractivity contribution in [3.63, 3.8) is 0 Å². The minimum Gasteiger partial charge on any atom is -0.482 e. The first-order valence-electron chi connectivity index (χ1n) is 11.2. The summed E-state index contributed by atoms with van der Waals surface area (Å²) in [5.74, 6) is -0.709. The number of nitrogens with zero attached hydrogens (tertiary/aromatic N) is 3. The lowest BCUT2D eigenvalue weighted by Crippen LogP contribution is -2.44. The summed E-state index contributed by atoms with van der Waals surface area (Å²) in [6.45, 7) is 1.18. The van der Waals surface area contributed by atoms with Gasteiger partial charge in [-0.05, 0) is 48.9 Å². The van der Waals surface area contributed by atoms with Crippen LogP contribution in [0.5, 0.6) is 5.75 Å². The van der Waals surface area contributed by atoms with Crippen molar-refractivity contribution in [1.29, 1.82) is 0 Å². The van der Waals surface area contributed by atoms with E-state index >= 15 is 0 Å². The van der Waals surface area contributed by atoms with E-state index in [1.54, 1.807) is 50.5 Å². The van der Waals surface area contributed by atoms with Crippen LogP contribution < -0.4 is 25.2 Å². The summed E-state index contributed by atoms with van der Waals surface area (Å²) in [5.41, 5.74) is 8.50. The number of likely N-dealkylation sites (N-methyl/N-ethyl adjacent to an activating group) is 2. The van der Waals surface area contributed by atoms with E-state index in [0.717, 1.165) is 11.3 Å². The topological polar surface area (TPSA) is 96.2 Å². The maximum absolute atomic E-state index is 13.0. The lowest BCUT2D eigenvalue weighted by Gasteiger charge is -2.27. The fourth-order valence-corrected chi connectivity index (χ4v) is 3.47. The van der Waals surface area contributed by atoms with Crippen LogP contribution in [-0.2, 0) is 14.4 Å². The van der Waals surface area contributed by atoms with E-state index in [2.05, 4.69) is 0 Å². The first-order valence-corrected chi connectivity index (χ1v) is 11.2. The van der Waals surface area contributed by atoms with Crippen molar-refractivity contribution in [1.82, 2.24) is 0 Å². The molecule has 3 aromatic rings. The Morgan fingerprint density at radius 3 is 2.09 bits per heavy atom. The van der Waals surface area contributed by atoms with E-state index in [4.69, 9.17) is 10.5 Å². The SMILES string of the molecule is Cc1cccc(N(C)C(=O)COc2ccccc2N(CC(=O)N(C)c2ccccc2)C(=O)CN)c1. The molecule has 35 heavy (non-hydrogen) atoms. The molecule has 0 aliphatic heterocycles. The van der Waals surface area contributed by atoms with Gasteiger partial charge in [-0.3, -0.25) is 19.3 Å². The highest BCUT2D eigenvalue weighted by Gasteiger charge is 2.24. The Balaban J connectivity index is 1.77. The van der Waals surface area contributed by atoms with Crippen LogP contribution in [0, 0.1) is 6.92 Å². The monoisotopic (exact) mass is 474 g/mol. The fraction of sp³-hybridized carbons (Fsp3) is 0.222. The molecule has 3 aromatic carbocycles.